The largest absolute Gasteiger partial charge is 0.334 e. The normalized spacial score (nSPS) is 13.2. The lowest BCUT2D eigenvalue weighted by molar-refractivity contribution is 0.0722. The Morgan fingerprint density at radius 1 is 1.32 bits per heavy atom. The third-order valence-corrected chi connectivity index (χ3v) is 5.27. The van der Waals surface area contributed by atoms with Gasteiger partial charge in [-0.1, -0.05) is 31.5 Å². The maximum Gasteiger partial charge on any atom is 0.289 e. The van der Waals surface area contributed by atoms with Crippen LogP contribution in [0.1, 0.15) is 35.7 Å². The van der Waals surface area contributed by atoms with Gasteiger partial charge in [-0.2, -0.15) is 0 Å². The van der Waals surface area contributed by atoms with Crippen LogP contribution >= 0.6 is 27.5 Å². The SMILES string of the molecule is CC.O=C(c1nc2c(Cl)c(Br)ccc2[nH]1)N1CCc2ncccc2C1. The highest BCUT2D eigenvalue weighted by atomic mass is 79.9. The zero-order valence-electron chi connectivity index (χ0n) is 14.0. The predicted molar refractivity (Wildman–Crippen MR) is 103 cm³/mol. The summed E-state index contributed by atoms with van der Waals surface area (Å²) >= 11 is 9.60. The fourth-order valence-electron chi connectivity index (χ4n) is 2.81. The molecule has 1 amide bonds. The van der Waals surface area contributed by atoms with Gasteiger partial charge >= 0.3 is 0 Å². The number of H-pyrrole nitrogens is 1. The van der Waals surface area contributed by atoms with Crippen molar-refractivity contribution >= 4 is 44.5 Å². The summed E-state index contributed by atoms with van der Waals surface area (Å²) in [5.41, 5.74) is 3.50. The Kier molecular flexibility index (Phi) is 5.39. The molecule has 1 aromatic carbocycles. The molecule has 3 heterocycles. The number of fused-ring (bicyclic) bond motifs is 2. The average molecular weight is 422 g/mol. The number of aromatic nitrogens is 3. The van der Waals surface area contributed by atoms with Crippen LogP contribution in [0.5, 0.6) is 0 Å². The Morgan fingerprint density at radius 3 is 2.92 bits per heavy atom. The van der Waals surface area contributed by atoms with Gasteiger partial charge in [0.05, 0.1) is 10.5 Å². The summed E-state index contributed by atoms with van der Waals surface area (Å²) in [4.78, 5) is 26.3. The molecule has 0 radical (unpaired) electrons. The topological polar surface area (TPSA) is 61.9 Å². The van der Waals surface area contributed by atoms with E-state index in [1.165, 1.54) is 0 Å². The molecule has 1 aliphatic rings. The minimum absolute atomic E-state index is 0.122. The number of aromatic amines is 1. The lowest BCUT2D eigenvalue weighted by atomic mass is 10.1. The fraction of sp³-hybridized carbons (Fsp3) is 0.278. The zero-order valence-corrected chi connectivity index (χ0v) is 16.4. The van der Waals surface area contributed by atoms with Crippen LogP contribution < -0.4 is 0 Å². The van der Waals surface area contributed by atoms with E-state index in [-0.39, 0.29) is 5.91 Å². The maximum absolute atomic E-state index is 12.7. The van der Waals surface area contributed by atoms with Crippen molar-refractivity contribution in [2.45, 2.75) is 26.8 Å². The molecule has 0 aliphatic carbocycles. The number of carbonyl (C=O) groups excluding carboxylic acids is 1. The average Bonchev–Trinajstić information content (AvgIpc) is 3.10. The Hall–Kier alpha value is -1.92. The van der Waals surface area contributed by atoms with E-state index in [4.69, 9.17) is 11.6 Å². The second-order valence-electron chi connectivity index (χ2n) is 5.43. The number of benzene rings is 1. The first-order valence-electron chi connectivity index (χ1n) is 8.19. The summed E-state index contributed by atoms with van der Waals surface area (Å²) < 4.78 is 0.759. The van der Waals surface area contributed by atoms with Crippen LogP contribution in [0.4, 0.5) is 0 Å². The van der Waals surface area contributed by atoms with E-state index in [2.05, 4.69) is 30.9 Å². The molecule has 3 aromatic rings. The van der Waals surface area contributed by atoms with Crippen molar-refractivity contribution in [1.82, 2.24) is 19.9 Å². The Morgan fingerprint density at radius 2 is 2.12 bits per heavy atom. The summed E-state index contributed by atoms with van der Waals surface area (Å²) in [6.45, 7) is 5.19. The highest BCUT2D eigenvalue weighted by molar-refractivity contribution is 9.10. The summed E-state index contributed by atoms with van der Waals surface area (Å²) in [5, 5.41) is 0.506. The Labute approximate surface area is 159 Å². The van der Waals surface area contributed by atoms with E-state index in [1.54, 1.807) is 11.1 Å². The van der Waals surface area contributed by atoms with Crippen LogP contribution in [0, 0.1) is 0 Å². The van der Waals surface area contributed by atoms with Gasteiger partial charge in [0.25, 0.3) is 5.91 Å². The van der Waals surface area contributed by atoms with Gasteiger partial charge < -0.3 is 9.88 Å². The molecule has 25 heavy (non-hydrogen) atoms. The predicted octanol–water partition coefficient (Wildman–Crippen LogP) is 4.60. The van der Waals surface area contributed by atoms with E-state index in [0.717, 1.165) is 27.7 Å². The molecule has 0 atom stereocenters. The van der Waals surface area contributed by atoms with Gasteiger partial charge in [0.1, 0.15) is 5.52 Å². The van der Waals surface area contributed by atoms with E-state index >= 15 is 0 Å². The molecule has 0 spiro atoms. The maximum atomic E-state index is 12.7. The van der Waals surface area contributed by atoms with Gasteiger partial charge in [-0.15, -0.1) is 0 Å². The van der Waals surface area contributed by atoms with Crippen LogP contribution in [0.3, 0.4) is 0 Å². The molecule has 130 valence electrons. The van der Waals surface area contributed by atoms with Gasteiger partial charge in [-0.25, -0.2) is 4.98 Å². The number of rotatable bonds is 1. The highest BCUT2D eigenvalue weighted by Crippen LogP contribution is 2.30. The van der Waals surface area contributed by atoms with Crippen molar-refractivity contribution in [3.8, 4) is 0 Å². The monoisotopic (exact) mass is 420 g/mol. The minimum atomic E-state index is -0.122. The van der Waals surface area contributed by atoms with Crippen molar-refractivity contribution in [1.29, 1.82) is 0 Å². The first-order valence-corrected chi connectivity index (χ1v) is 9.36. The van der Waals surface area contributed by atoms with E-state index in [1.807, 2.05) is 38.1 Å². The molecule has 4 rings (SSSR count). The third kappa shape index (κ3) is 3.41. The van der Waals surface area contributed by atoms with Gasteiger partial charge in [0.15, 0.2) is 5.82 Å². The standard InChI is InChI=1S/C16H12BrClN4O.C2H6/c17-10-3-4-12-14(13(10)18)21-15(20-12)16(23)22-7-5-11-9(8-22)2-1-6-19-11;1-2/h1-4,6H,5,7-8H2,(H,20,21);1-2H3. The smallest absolute Gasteiger partial charge is 0.289 e. The number of amides is 1. The van der Waals surface area contributed by atoms with E-state index in [9.17, 15) is 4.79 Å². The quantitative estimate of drug-likeness (QED) is 0.624. The summed E-state index contributed by atoms with van der Waals surface area (Å²) in [7, 11) is 0. The molecule has 5 nitrogen and oxygen atoms in total. The Balaban J connectivity index is 0.000000880. The number of hydrogen-bond acceptors (Lipinski definition) is 3. The summed E-state index contributed by atoms with van der Waals surface area (Å²) in [5.74, 6) is 0.190. The Bertz CT molecular complexity index is 925. The lowest BCUT2D eigenvalue weighted by Gasteiger charge is -2.27. The summed E-state index contributed by atoms with van der Waals surface area (Å²) in [6.07, 6.45) is 2.55. The second kappa shape index (κ2) is 7.54. The molecule has 1 N–H and O–H groups in total. The number of nitrogens with one attached hydrogen (secondary N) is 1. The number of halogens is 2. The van der Waals surface area contributed by atoms with Crippen molar-refractivity contribution in [3.63, 3.8) is 0 Å². The van der Waals surface area contributed by atoms with Crippen molar-refractivity contribution in [2.24, 2.45) is 0 Å². The fourth-order valence-corrected chi connectivity index (χ4v) is 3.33. The molecular weight excluding hydrogens is 404 g/mol. The first-order chi connectivity index (χ1) is 12.1. The molecule has 0 saturated heterocycles. The van der Waals surface area contributed by atoms with Crippen molar-refractivity contribution < 1.29 is 4.79 Å². The molecule has 0 saturated carbocycles. The number of pyridine rings is 1. The molecule has 7 heteroatoms. The minimum Gasteiger partial charge on any atom is -0.334 e. The van der Waals surface area contributed by atoms with Crippen LogP contribution in [-0.4, -0.2) is 32.3 Å². The molecule has 0 fully saturated rings. The van der Waals surface area contributed by atoms with Crippen molar-refractivity contribution in [2.75, 3.05) is 6.54 Å². The first kappa shape index (κ1) is 17.9. The van der Waals surface area contributed by atoms with E-state index in [0.29, 0.717) is 29.5 Å². The number of imidazole rings is 1. The van der Waals surface area contributed by atoms with E-state index < -0.39 is 0 Å². The second-order valence-corrected chi connectivity index (χ2v) is 6.66. The molecule has 1 aliphatic heterocycles. The molecular formula is C18H18BrClN4O. The van der Waals surface area contributed by atoms with Crippen LogP contribution in [0.25, 0.3) is 11.0 Å². The molecule has 2 aromatic heterocycles. The molecule has 0 unspecified atom stereocenters. The number of carbonyl (C=O) groups is 1. The van der Waals surface area contributed by atoms with Crippen LogP contribution in [0.15, 0.2) is 34.9 Å². The van der Waals surface area contributed by atoms with Crippen molar-refractivity contribution in [3.05, 3.63) is 57.0 Å². The van der Waals surface area contributed by atoms with Gasteiger partial charge in [-0.3, -0.25) is 9.78 Å². The van der Waals surface area contributed by atoms with Gasteiger partial charge in [0, 0.05) is 35.9 Å². The number of hydrogen-bond donors (Lipinski definition) is 1. The van der Waals surface area contributed by atoms with Crippen LogP contribution in [0.2, 0.25) is 5.02 Å². The lowest BCUT2D eigenvalue weighted by Crippen LogP contribution is -2.36. The summed E-state index contributed by atoms with van der Waals surface area (Å²) in [6, 6.07) is 7.59. The highest BCUT2D eigenvalue weighted by Gasteiger charge is 2.25. The van der Waals surface area contributed by atoms with Gasteiger partial charge in [-0.05, 0) is 39.7 Å². The van der Waals surface area contributed by atoms with Gasteiger partial charge in [0.2, 0.25) is 0 Å². The van der Waals surface area contributed by atoms with Crippen LogP contribution in [-0.2, 0) is 13.0 Å². The molecule has 0 bridgehead atoms. The number of nitrogens with zero attached hydrogens (tertiary/aromatic N) is 3. The third-order valence-electron chi connectivity index (χ3n) is 4.00. The zero-order chi connectivity index (χ0) is 18.0.